The normalized spacial score (nSPS) is 10.6. The maximum atomic E-state index is 13.1. The van der Waals surface area contributed by atoms with Crippen LogP contribution in [0.1, 0.15) is 5.56 Å². The van der Waals surface area contributed by atoms with Gasteiger partial charge in [0.1, 0.15) is 0 Å². The monoisotopic (exact) mass is 430 g/mol. The van der Waals surface area contributed by atoms with Gasteiger partial charge in [-0.05, 0) is 29.8 Å². The summed E-state index contributed by atoms with van der Waals surface area (Å²) in [7, 11) is 0. The molecule has 0 fully saturated rings. The van der Waals surface area contributed by atoms with Crippen molar-refractivity contribution in [3.05, 3.63) is 75.1 Å². The summed E-state index contributed by atoms with van der Waals surface area (Å²) < 4.78 is 3.42. The fraction of sp³-hybridized carbons (Fsp3) is 0.150. The van der Waals surface area contributed by atoms with E-state index in [0.29, 0.717) is 45.4 Å². The van der Waals surface area contributed by atoms with Crippen LogP contribution in [0.15, 0.2) is 59.1 Å². The third-order valence-corrected chi connectivity index (χ3v) is 5.52. The average molecular weight is 431 g/mol. The Morgan fingerprint density at radius 1 is 1.25 bits per heavy atom. The first-order chi connectivity index (χ1) is 13.5. The minimum atomic E-state index is -0.181. The number of hydrogen-bond acceptors (Lipinski definition) is 4. The van der Waals surface area contributed by atoms with Crippen molar-refractivity contribution in [3.63, 3.8) is 0 Å². The lowest BCUT2D eigenvalue weighted by Crippen LogP contribution is -2.22. The van der Waals surface area contributed by atoms with E-state index >= 15 is 0 Å². The van der Waals surface area contributed by atoms with Gasteiger partial charge in [0.2, 0.25) is 0 Å². The van der Waals surface area contributed by atoms with Gasteiger partial charge in [0.05, 0.1) is 27.9 Å². The lowest BCUT2D eigenvalue weighted by atomic mass is 10.2. The highest BCUT2D eigenvalue weighted by Crippen LogP contribution is 2.24. The Morgan fingerprint density at radius 3 is 2.79 bits per heavy atom. The van der Waals surface area contributed by atoms with Gasteiger partial charge < -0.3 is 4.57 Å². The van der Waals surface area contributed by atoms with E-state index in [1.54, 1.807) is 41.1 Å². The third-order valence-electron chi connectivity index (χ3n) is 3.91. The maximum Gasteiger partial charge on any atom is 0.261 e. The molecule has 0 saturated carbocycles. The molecule has 2 aromatic heterocycles. The molecule has 3 rings (SSSR count). The second kappa shape index (κ2) is 9.16. The molecule has 0 aliphatic rings. The van der Waals surface area contributed by atoms with Crippen LogP contribution in [0.3, 0.4) is 0 Å². The largest absolute Gasteiger partial charge is 0.310 e. The first-order valence-electron chi connectivity index (χ1n) is 8.29. The molecule has 0 radical (unpaired) electrons. The molecule has 28 heavy (non-hydrogen) atoms. The number of benzene rings is 1. The number of hydrogen-bond donors (Lipinski definition) is 0. The lowest BCUT2D eigenvalue weighted by Gasteiger charge is -2.10. The molecule has 0 atom stereocenters. The summed E-state index contributed by atoms with van der Waals surface area (Å²) >= 11 is 13.4. The molecule has 1 aromatic carbocycles. The van der Waals surface area contributed by atoms with Crippen LogP contribution in [0, 0.1) is 12.3 Å². The zero-order valence-electron chi connectivity index (χ0n) is 14.8. The SMILES string of the molecule is C#CCSc1nnc(-c2cccn(Cc3ccc(Cl)c(Cl)c3)c2=O)n1CC=C. The average Bonchev–Trinajstić information content (AvgIpc) is 3.07. The maximum absolute atomic E-state index is 13.1. The van der Waals surface area contributed by atoms with Crippen molar-refractivity contribution in [2.45, 2.75) is 18.2 Å². The number of halogens is 2. The van der Waals surface area contributed by atoms with E-state index in [1.807, 2.05) is 10.6 Å². The molecular weight excluding hydrogens is 415 g/mol. The summed E-state index contributed by atoms with van der Waals surface area (Å²) in [5, 5.41) is 9.96. The van der Waals surface area contributed by atoms with Crippen LogP contribution in [-0.4, -0.2) is 25.1 Å². The van der Waals surface area contributed by atoms with Crippen molar-refractivity contribution in [1.29, 1.82) is 0 Å². The van der Waals surface area contributed by atoms with E-state index < -0.39 is 0 Å². The predicted octanol–water partition coefficient (Wildman–Crippen LogP) is 4.37. The fourth-order valence-electron chi connectivity index (χ4n) is 2.66. The molecule has 0 bridgehead atoms. The van der Waals surface area contributed by atoms with Crippen LogP contribution in [0.25, 0.3) is 11.4 Å². The van der Waals surface area contributed by atoms with Gasteiger partial charge >= 0.3 is 0 Å². The molecule has 0 spiro atoms. The molecule has 8 heteroatoms. The van der Waals surface area contributed by atoms with Crippen LogP contribution in [0.4, 0.5) is 0 Å². The highest BCUT2D eigenvalue weighted by atomic mass is 35.5. The number of terminal acetylenes is 1. The molecule has 2 heterocycles. The van der Waals surface area contributed by atoms with Gasteiger partial charge in [0, 0.05) is 12.7 Å². The van der Waals surface area contributed by atoms with E-state index in [0.717, 1.165) is 5.56 Å². The van der Waals surface area contributed by atoms with E-state index in [9.17, 15) is 4.79 Å². The van der Waals surface area contributed by atoms with Gasteiger partial charge in [-0.15, -0.1) is 23.2 Å². The van der Waals surface area contributed by atoms with Crippen molar-refractivity contribution in [3.8, 4) is 23.7 Å². The third kappa shape index (κ3) is 4.33. The smallest absolute Gasteiger partial charge is 0.261 e. The number of allylic oxidation sites excluding steroid dienone is 1. The van der Waals surface area contributed by atoms with Crippen LogP contribution in [-0.2, 0) is 13.1 Å². The van der Waals surface area contributed by atoms with Gasteiger partial charge in [-0.1, -0.05) is 53.0 Å². The summed E-state index contributed by atoms with van der Waals surface area (Å²) in [5.41, 5.74) is 1.13. The molecule has 0 saturated heterocycles. The van der Waals surface area contributed by atoms with Crippen LogP contribution < -0.4 is 5.56 Å². The van der Waals surface area contributed by atoms with Crippen molar-refractivity contribution >= 4 is 35.0 Å². The Hall–Kier alpha value is -2.46. The summed E-state index contributed by atoms with van der Waals surface area (Å²) in [5.74, 6) is 3.50. The van der Waals surface area contributed by atoms with E-state index in [-0.39, 0.29) is 5.56 Å². The second-order valence-electron chi connectivity index (χ2n) is 5.80. The topological polar surface area (TPSA) is 52.7 Å². The van der Waals surface area contributed by atoms with Crippen LogP contribution in [0.5, 0.6) is 0 Å². The molecule has 0 aliphatic carbocycles. The molecule has 0 aliphatic heterocycles. The van der Waals surface area contributed by atoms with Crippen molar-refractivity contribution < 1.29 is 0 Å². The van der Waals surface area contributed by atoms with Gasteiger partial charge in [-0.25, -0.2) is 0 Å². The van der Waals surface area contributed by atoms with Gasteiger partial charge in [-0.3, -0.25) is 9.36 Å². The van der Waals surface area contributed by atoms with Crippen molar-refractivity contribution in [1.82, 2.24) is 19.3 Å². The van der Waals surface area contributed by atoms with E-state index in [4.69, 9.17) is 29.6 Å². The summed E-state index contributed by atoms with van der Waals surface area (Å²) in [4.78, 5) is 13.1. The summed E-state index contributed by atoms with van der Waals surface area (Å²) in [6.07, 6.45) is 8.78. The van der Waals surface area contributed by atoms with Gasteiger partial charge in [0.25, 0.3) is 5.56 Å². The highest BCUT2D eigenvalue weighted by Gasteiger charge is 2.17. The number of pyridine rings is 1. The summed E-state index contributed by atoms with van der Waals surface area (Å²) in [6, 6.07) is 8.83. The van der Waals surface area contributed by atoms with Crippen molar-refractivity contribution in [2.75, 3.05) is 5.75 Å². The van der Waals surface area contributed by atoms with E-state index in [2.05, 4.69) is 22.7 Å². The molecule has 5 nitrogen and oxygen atoms in total. The zero-order valence-corrected chi connectivity index (χ0v) is 17.1. The van der Waals surface area contributed by atoms with Crippen LogP contribution >= 0.6 is 35.0 Å². The quantitative estimate of drug-likeness (QED) is 0.317. The molecule has 0 amide bonds. The van der Waals surface area contributed by atoms with Crippen LogP contribution in [0.2, 0.25) is 10.0 Å². The van der Waals surface area contributed by atoms with Gasteiger partial charge in [0.15, 0.2) is 11.0 Å². The summed E-state index contributed by atoms with van der Waals surface area (Å²) in [6.45, 7) is 4.60. The van der Waals surface area contributed by atoms with Crippen molar-refractivity contribution in [2.24, 2.45) is 0 Å². The minimum absolute atomic E-state index is 0.181. The predicted molar refractivity (Wildman–Crippen MR) is 115 cm³/mol. The molecule has 142 valence electrons. The number of rotatable bonds is 7. The number of aromatic nitrogens is 4. The molecule has 0 unspecified atom stereocenters. The fourth-order valence-corrected chi connectivity index (χ4v) is 3.61. The first kappa shape index (κ1) is 20.3. The molecule has 0 N–H and O–H groups in total. The standard InChI is InChI=1S/C20H16Cl2N4OS/c1-3-9-26-18(23-24-20(26)28-11-4-2)15-6-5-10-25(19(15)27)13-14-7-8-16(21)17(22)12-14/h2-3,5-8,10,12H,1,9,11,13H2. The Morgan fingerprint density at radius 2 is 2.07 bits per heavy atom. The minimum Gasteiger partial charge on any atom is -0.310 e. The number of nitrogens with zero attached hydrogens (tertiary/aromatic N) is 4. The zero-order chi connectivity index (χ0) is 20.1. The Labute approximate surface area is 177 Å². The highest BCUT2D eigenvalue weighted by molar-refractivity contribution is 7.99. The molecule has 3 aromatic rings. The Bertz CT molecular complexity index is 1110. The number of thioether (sulfide) groups is 1. The Kier molecular flexibility index (Phi) is 6.63. The van der Waals surface area contributed by atoms with E-state index in [1.165, 1.54) is 11.8 Å². The molecular formula is C20H16Cl2N4OS. The lowest BCUT2D eigenvalue weighted by molar-refractivity contribution is 0.725. The first-order valence-corrected chi connectivity index (χ1v) is 10.0. The second-order valence-corrected chi connectivity index (χ2v) is 7.56. The van der Waals surface area contributed by atoms with Gasteiger partial charge in [-0.2, -0.15) is 0 Å². The Balaban J connectivity index is 2.00.